The van der Waals surface area contributed by atoms with Crippen molar-refractivity contribution in [3.05, 3.63) is 0 Å². The number of aliphatic carboxylic acids is 1. The van der Waals surface area contributed by atoms with Crippen LogP contribution in [0.3, 0.4) is 0 Å². The molecule has 0 aromatic rings. The van der Waals surface area contributed by atoms with Crippen LogP contribution in [0, 0.1) is 0 Å². The van der Waals surface area contributed by atoms with Crippen molar-refractivity contribution in [2.24, 2.45) is 0 Å². The van der Waals surface area contributed by atoms with Crippen LogP contribution in [0.15, 0.2) is 0 Å². The third-order valence-electron chi connectivity index (χ3n) is 6.19. The van der Waals surface area contributed by atoms with E-state index in [1.54, 1.807) is 13.8 Å². The minimum atomic E-state index is -1.16. The summed E-state index contributed by atoms with van der Waals surface area (Å²) in [6.45, 7) is 7.64. The molecule has 6 nitrogen and oxygen atoms in total. The van der Waals surface area contributed by atoms with Gasteiger partial charge in [0, 0.05) is 12.8 Å². The van der Waals surface area contributed by atoms with Gasteiger partial charge < -0.3 is 19.9 Å². The van der Waals surface area contributed by atoms with Crippen LogP contribution in [0.4, 0.5) is 0 Å². The molecule has 1 fully saturated rings. The Hall–Kier alpha value is -0.790. The van der Waals surface area contributed by atoms with Crippen molar-refractivity contribution in [1.82, 2.24) is 5.32 Å². The van der Waals surface area contributed by atoms with Gasteiger partial charge in [-0.1, -0.05) is 90.9 Å². The summed E-state index contributed by atoms with van der Waals surface area (Å²) in [6.07, 6.45) is 16.9. The SMILES string of the molecule is CCCCCCCCCCCCCCCC(=O)N[C@H](C(=O)O)[C@H](S)C1(CC)OC(C)(C)O1. The van der Waals surface area contributed by atoms with Gasteiger partial charge in [-0.15, -0.1) is 0 Å². The number of ether oxygens (including phenoxy) is 2. The van der Waals surface area contributed by atoms with E-state index < -0.39 is 28.8 Å². The average Bonchev–Trinajstić information content (AvgIpc) is 2.72. The van der Waals surface area contributed by atoms with Crippen molar-refractivity contribution < 1.29 is 24.2 Å². The molecule has 1 saturated heterocycles. The number of hydrogen-bond donors (Lipinski definition) is 3. The summed E-state index contributed by atoms with van der Waals surface area (Å²) < 4.78 is 11.6. The molecule has 1 heterocycles. The van der Waals surface area contributed by atoms with Gasteiger partial charge >= 0.3 is 5.97 Å². The van der Waals surface area contributed by atoms with Gasteiger partial charge in [0.25, 0.3) is 0 Å². The summed E-state index contributed by atoms with van der Waals surface area (Å²) in [4.78, 5) is 24.1. The van der Waals surface area contributed by atoms with E-state index in [9.17, 15) is 14.7 Å². The fourth-order valence-electron chi connectivity index (χ4n) is 4.39. The molecular formula is C25H47NO5S. The van der Waals surface area contributed by atoms with Gasteiger partial charge in [0.15, 0.2) is 11.6 Å². The lowest BCUT2D eigenvalue weighted by Gasteiger charge is -2.55. The minimum absolute atomic E-state index is 0.260. The Kier molecular flexibility index (Phi) is 13.9. The number of unbranched alkanes of at least 4 members (excludes halogenated alkanes) is 12. The minimum Gasteiger partial charge on any atom is -0.480 e. The second kappa shape index (κ2) is 15.2. The van der Waals surface area contributed by atoms with Gasteiger partial charge in [0.1, 0.15) is 6.04 Å². The fraction of sp³-hybridized carbons (Fsp3) is 0.920. The molecule has 0 spiro atoms. The van der Waals surface area contributed by atoms with E-state index in [1.807, 2.05) is 6.92 Å². The number of carbonyl (C=O) groups is 2. The molecule has 2 atom stereocenters. The Morgan fingerprint density at radius 3 is 1.66 bits per heavy atom. The monoisotopic (exact) mass is 473 g/mol. The fourth-order valence-corrected chi connectivity index (χ4v) is 4.88. The van der Waals surface area contributed by atoms with Crippen molar-refractivity contribution in [3.8, 4) is 0 Å². The first-order valence-electron chi connectivity index (χ1n) is 12.8. The first-order valence-corrected chi connectivity index (χ1v) is 13.3. The van der Waals surface area contributed by atoms with Gasteiger partial charge in [0.2, 0.25) is 5.91 Å². The number of rotatable bonds is 19. The summed E-state index contributed by atoms with van der Waals surface area (Å²) in [5.74, 6) is -3.25. The van der Waals surface area contributed by atoms with Gasteiger partial charge in [-0.25, -0.2) is 4.79 Å². The van der Waals surface area contributed by atoms with Crippen molar-refractivity contribution in [3.63, 3.8) is 0 Å². The lowest BCUT2D eigenvalue weighted by atomic mass is 9.98. The largest absolute Gasteiger partial charge is 0.480 e. The van der Waals surface area contributed by atoms with E-state index in [0.29, 0.717) is 12.8 Å². The predicted molar refractivity (Wildman–Crippen MR) is 132 cm³/mol. The Balaban J connectivity index is 2.16. The number of hydrogen-bond acceptors (Lipinski definition) is 5. The van der Waals surface area contributed by atoms with E-state index in [1.165, 1.54) is 64.2 Å². The number of carboxylic acid groups (broad SMARTS) is 1. The molecule has 0 aromatic carbocycles. The maximum absolute atomic E-state index is 12.3. The highest BCUT2D eigenvalue weighted by molar-refractivity contribution is 7.81. The Morgan fingerprint density at radius 2 is 1.28 bits per heavy atom. The van der Waals surface area contributed by atoms with E-state index in [2.05, 4.69) is 24.9 Å². The smallest absolute Gasteiger partial charge is 0.327 e. The number of carbonyl (C=O) groups excluding carboxylic acids is 1. The zero-order chi connectivity index (χ0) is 24.0. The number of thiol groups is 1. The third kappa shape index (κ3) is 10.4. The third-order valence-corrected chi connectivity index (χ3v) is 6.88. The molecule has 0 saturated carbocycles. The average molecular weight is 474 g/mol. The molecule has 1 rings (SSSR count). The van der Waals surface area contributed by atoms with Gasteiger partial charge in [-0.3, -0.25) is 4.79 Å². The predicted octanol–water partition coefficient (Wildman–Crippen LogP) is 6.22. The molecule has 2 N–H and O–H groups in total. The highest BCUT2D eigenvalue weighted by Gasteiger charge is 2.58. The molecule has 188 valence electrons. The Morgan fingerprint density at radius 1 is 0.844 bits per heavy atom. The van der Waals surface area contributed by atoms with Crippen LogP contribution in [-0.4, -0.2) is 39.8 Å². The second-order valence-corrected chi connectivity index (χ2v) is 10.1. The van der Waals surface area contributed by atoms with Crippen LogP contribution in [0.25, 0.3) is 0 Å². The van der Waals surface area contributed by atoms with Crippen LogP contribution in [0.1, 0.15) is 124 Å². The molecule has 0 bridgehead atoms. The highest BCUT2D eigenvalue weighted by atomic mass is 32.1. The maximum Gasteiger partial charge on any atom is 0.327 e. The molecule has 32 heavy (non-hydrogen) atoms. The Labute approximate surface area is 201 Å². The topological polar surface area (TPSA) is 84.9 Å². The normalized spacial score (nSPS) is 18.5. The summed E-state index contributed by atoms with van der Waals surface area (Å²) in [5.41, 5.74) is 0. The standard InChI is InChI=1S/C25H47NO5S/c1-5-7-8-9-10-11-12-13-14-15-16-17-18-19-20(27)26-21(23(28)29)22(32)25(6-2)30-24(3,4)31-25/h21-22,32H,5-19H2,1-4H3,(H,26,27)(H,28,29)/t21-,22-/m0/s1. The second-order valence-electron chi connectivity index (χ2n) is 9.59. The summed E-state index contributed by atoms with van der Waals surface area (Å²) in [5, 5.41) is 11.4. The summed E-state index contributed by atoms with van der Waals surface area (Å²) >= 11 is 4.46. The highest BCUT2D eigenvalue weighted by Crippen LogP contribution is 2.45. The lowest BCUT2D eigenvalue weighted by Crippen LogP contribution is -2.68. The summed E-state index contributed by atoms with van der Waals surface area (Å²) in [7, 11) is 0. The number of carboxylic acids is 1. The van der Waals surface area contributed by atoms with Gasteiger partial charge in [-0.05, 0) is 20.3 Å². The van der Waals surface area contributed by atoms with Crippen LogP contribution in [0.2, 0.25) is 0 Å². The molecule has 0 aliphatic carbocycles. The quantitative estimate of drug-likeness (QED) is 0.153. The molecule has 0 aromatic heterocycles. The van der Waals surface area contributed by atoms with E-state index in [4.69, 9.17) is 9.47 Å². The molecule has 7 heteroatoms. The van der Waals surface area contributed by atoms with Crippen LogP contribution in [0.5, 0.6) is 0 Å². The van der Waals surface area contributed by atoms with Crippen LogP contribution in [-0.2, 0) is 19.1 Å². The first kappa shape index (κ1) is 29.2. The molecule has 1 aliphatic rings. The first-order chi connectivity index (χ1) is 15.2. The molecule has 1 amide bonds. The van der Waals surface area contributed by atoms with Crippen LogP contribution < -0.4 is 5.32 Å². The van der Waals surface area contributed by atoms with Gasteiger partial charge in [-0.2, -0.15) is 12.6 Å². The number of nitrogens with one attached hydrogen (secondary N) is 1. The Bertz CT molecular complexity index is 546. The van der Waals surface area contributed by atoms with E-state index in [0.717, 1.165) is 19.3 Å². The molecule has 1 aliphatic heterocycles. The van der Waals surface area contributed by atoms with Crippen molar-refractivity contribution in [2.75, 3.05) is 0 Å². The van der Waals surface area contributed by atoms with Crippen molar-refractivity contribution in [1.29, 1.82) is 0 Å². The zero-order valence-corrected chi connectivity index (χ0v) is 21.7. The molecular weight excluding hydrogens is 426 g/mol. The van der Waals surface area contributed by atoms with Crippen molar-refractivity contribution >= 4 is 24.5 Å². The van der Waals surface area contributed by atoms with E-state index >= 15 is 0 Å². The lowest BCUT2D eigenvalue weighted by molar-refractivity contribution is -0.497. The molecule has 0 unspecified atom stereocenters. The zero-order valence-electron chi connectivity index (χ0n) is 20.8. The van der Waals surface area contributed by atoms with E-state index in [-0.39, 0.29) is 5.91 Å². The number of amides is 1. The van der Waals surface area contributed by atoms with Crippen molar-refractivity contribution in [2.45, 2.75) is 147 Å². The van der Waals surface area contributed by atoms with Crippen LogP contribution >= 0.6 is 12.6 Å². The maximum atomic E-state index is 12.3. The van der Waals surface area contributed by atoms with Gasteiger partial charge in [0.05, 0.1) is 5.25 Å². The molecule has 0 radical (unpaired) electrons. The summed E-state index contributed by atoms with van der Waals surface area (Å²) in [6, 6.07) is -1.16.